The molecule has 4 heterocycles. The van der Waals surface area contributed by atoms with Gasteiger partial charge in [-0.15, -0.1) is 11.3 Å². The minimum absolute atomic E-state index is 0.208. The van der Waals surface area contributed by atoms with E-state index in [-0.39, 0.29) is 18.1 Å². The highest BCUT2D eigenvalue weighted by molar-refractivity contribution is 7.19. The van der Waals surface area contributed by atoms with Crippen LogP contribution in [0.15, 0.2) is 29.5 Å². The van der Waals surface area contributed by atoms with Gasteiger partial charge in [0, 0.05) is 37.4 Å². The number of rotatable bonds is 6. The van der Waals surface area contributed by atoms with Crippen molar-refractivity contribution in [1.82, 2.24) is 34.6 Å². The van der Waals surface area contributed by atoms with Gasteiger partial charge in [0.2, 0.25) is 0 Å². The van der Waals surface area contributed by atoms with Gasteiger partial charge in [-0.05, 0) is 6.07 Å². The van der Waals surface area contributed by atoms with Crippen LogP contribution in [0, 0.1) is 5.41 Å². The number of fused-ring (bicyclic) bond motifs is 1. The first-order valence-electron chi connectivity index (χ1n) is 8.07. The Kier molecular flexibility index (Phi) is 4.20. The summed E-state index contributed by atoms with van der Waals surface area (Å²) in [5.74, 6) is -0.299. The van der Waals surface area contributed by atoms with Crippen LogP contribution in [0.5, 0.6) is 0 Å². The van der Waals surface area contributed by atoms with Gasteiger partial charge in [-0.25, -0.2) is 9.78 Å². The maximum Gasteiger partial charge on any atom is 0.325 e. The average molecular weight is 384 g/mol. The molecule has 0 saturated carbocycles. The summed E-state index contributed by atoms with van der Waals surface area (Å²) in [5, 5.41) is 18.0. The lowest BCUT2D eigenvalue weighted by molar-refractivity contribution is 0.0942. The van der Waals surface area contributed by atoms with Crippen LogP contribution in [0.3, 0.4) is 0 Å². The van der Waals surface area contributed by atoms with Crippen LogP contribution in [0.2, 0.25) is 0 Å². The maximum atomic E-state index is 12.6. The molecule has 0 unspecified atom stereocenters. The molecule has 0 aromatic carbocycles. The zero-order chi connectivity index (χ0) is 19.0. The Morgan fingerprint density at radius 1 is 1.44 bits per heavy atom. The van der Waals surface area contributed by atoms with Crippen molar-refractivity contribution in [2.45, 2.75) is 13.1 Å². The van der Waals surface area contributed by atoms with Crippen LogP contribution < -0.4 is 11.0 Å². The third kappa shape index (κ3) is 2.97. The number of hydrogen-bond donors (Lipinski definition) is 4. The monoisotopic (exact) mass is 384 g/mol. The normalized spacial score (nSPS) is 11.1. The Morgan fingerprint density at radius 3 is 2.96 bits per heavy atom. The molecule has 0 aliphatic rings. The number of carbonyl (C=O) groups excluding carboxylic acids is 1. The number of nitrogens with one attached hydrogen (secondary N) is 4. The molecule has 4 aromatic heterocycles. The van der Waals surface area contributed by atoms with E-state index < -0.39 is 0 Å². The molecule has 0 bridgehead atoms. The van der Waals surface area contributed by atoms with Crippen LogP contribution in [0.25, 0.3) is 10.3 Å². The van der Waals surface area contributed by atoms with Crippen LogP contribution in [-0.4, -0.2) is 41.4 Å². The number of aromatic nitrogens is 6. The van der Waals surface area contributed by atoms with Gasteiger partial charge >= 0.3 is 5.69 Å². The Labute approximate surface area is 156 Å². The first-order chi connectivity index (χ1) is 13.1. The highest BCUT2D eigenvalue weighted by Gasteiger charge is 2.23. The van der Waals surface area contributed by atoms with Crippen molar-refractivity contribution >= 4 is 33.8 Å². The lowest BCUT2D eigenvalue weighted by Gasteiger charge is -2.06. The second kappa shape index (κ2) is 6.68. The topological polar surface area (TPSA) is 137 Å². The fraction of sp³-hybridized carbons (Fsp3) is 0.188. The second-order valence-electron chi connectivity index (χ2n) is 5.87. The number of thiazole rings is 1. The van der Waals surface area contributed by atoms with Gasteiger partial charge < -0.3 is 20.3 Å². The minimum atomic E-state index is -0.299. The molecular weight excluding hydrogens is 368 g/mol. The zero-order valence-corrected chi connectivity index (χ0v) is 15.1. The standard InChI is InChI=1S/C16H16N8O2S/c1-23-12(15(25)19-7-9-2-3-20-22-9)10(6-17)13-14(23)21-11(27-13)8-24-5-4-18-16(24)26/h2-6,17H,7-8H2,1H3,(H,18,26)(H,19,25)(H,20,22). The van der Waals surface area contributed by atoms with Gasteiger partial charge in [-0.1, -0.05) is 0 Å². The summed E-state index contributed by atoms with van der Waals surface area (Å²) >= 11 is 1.37. The summed E-state index contributed by atoms with van der Waals surface area (Å²) in [4.78, 5) is 31.5. The van der Waals surface area contributed by atoms with E-state index in [0.717, 1.165) is 15.9 Å². The number of amides is 1. The second-order valence-corrected chi connectivity index (χ2v) is 6.95. The molecule has 0 spiro atoms. The Morgan fingerprint density at radius 2 is 2.30 bits per heavy atom. The van der Waals surface area contributed by atoms with E-state index in [1.54, 1.807) is 36.3 Å². The Bertz CT molecular complexity index is 1180. The van der Waals surface area contributed by atoms with Crippen LogP contribution >= 0.6 is 11.3 Å². The molecule has 11 heteroatoms. The summed E-state index contributed by atoms with van der Waals surface area (Å²) in [6.07, 6.45) is 6.07. The van der Waals surface area contributed by atoms with Gasteiger partial charge in [-0.2, -0.15) is 5.10 Å². The van der Waals surface area contributed by atoms with Crippen molar-refractivity contribution < 1.29 is 4.79 Å². The van der Waals surface area contributed by atoms with Gasteiger partial charge in [0.15, 0.2) is 5.65 Å². The van der Waals surface area contributed by atoms with Crippen molar-refractivity contribution in [2.24, 2.45) is 7.05 Å². The van der Waals surface area contributed by atoms with Gasteiger partial charge in [0.05, 0.1) is 23.5 Å². The number of imidazole rings is 1. The van der Waals surface area contributed by atoms with Crippen molar-refractivity contribution in [1.29, 1.82) is 5.41 Å². The van der Waals surface area contributed by atoms with E-state index in [1.807, 2.05) is 0 Å². The lowest BCUT2D eigenvalue weighted by Crippen LogP contribution is -2.26. The number of carbonyl (C=O) groups is 1. The maximum absolute atomic E-state index is 12.6. The fourth-order valence-electron chi connectivity index (χ4n) is 2.89. The molecule has 0 atom stereocenters. The van der Waals surface area contributed by atoms with Gasteiger partial charge in [0.25, 0.3) is 5.91 Å². The molecule has 0 aliphatic heterocycles. The van der Waals surface area contributed by atoms with E-state index in [4.69, 9.17) is 5.41 Å². The third-order valence-corrected chi connectivity index (χ3v) is 5.24. The smallest absolute Gasteiger partial charge is 0.325 e. The van der Waals surface area contributed by atoms with Crippen molar-refractivity contribution in [3.8, 4) is 0 Å². The highest BCUT2D eigenvalue weighted by Crippen LogP contribution is 2.30. The third-order valence-electron chi connectivity index (χ3n) is 4.18. The number of aryl methyl sites for hydroxylation is 1. The first kappa shape index (κ1) is 17.0. The molecule has 10 nitrogen and oxygen atoms in total. The molecule has 0 radical (unpaired) electrons. The molecular formula is C16H16N8O2S. The molecule has 138 valence electrons. The quantitative estimate of drug-likeness (QED) is 0.366. The number of nitrogens with zero attached hydrogens (tertiary/aromatic N) is 4. The Hall–Kier alpha value is -3.47. The van der Waals surface area contributed by atoms with Crippen molar-refractivity contribution in [3.63, 3.8) is 0 Å². The fourth-order valence-corrected chi connectivity index (χ4v) is 4.00. The molecule has 0 fully saturated rings. The molecule has 0 aliphatic carbocycles. The van der Waals surface area contributed by atoms with Gasteiger partial charge in [0.1, 0.15) is 10.7 Å². The molecule has 0 saturated heterocycles. The van der Waals surface area contributed by atoms with E-state index in [1.165, 1.54) is 15.9 Å². The van der Waals surface area contributed by atoms with Gasteiger partial charge in [-0.3, -0.25) is 14.5 Å². The van der Waals surface area contributed by atoms with E-state index in [0.29, 0.717) is 29.1 Å². The number of H-pyrrole nitrogens is 2. The van der Waals surface area contributed by atoms with Crippen molar-refractivity contribution in [3.05, 3.63) is 57.1 Å². The first-order valence-corrected chi connectivity index (χ1v) is 8.89. The molecule has 27 heavy (non-hydrogen) atoms. The summed E-state index contributed by atoms with van der Waals surface area (Å²) in [5.41, 5.74) is 2.01. The summed E-state index contributed by atoms with van der Waals surface area (Å²) in [7, 11) is 1.74. The summed E-state index contributed by atoms with van der Waals surface area (Å²) in [6.45, 7) is 0.619. The van der Waals surface area contributed by atoms with Crippen LogP contribution in [-0.2, 0) is 20.1 Å². The van der Waals surface area contributed by atoms with E-state index >= 15 is 0 Å². The molecule has 4 N–H and O–H groups in total. The predicted molar refractivity (Wildman–Crippen MR) is 100 cm³/mol. The molecule has 4 rings (SSSR count). The average Bonchev–Trinajstić information content (AvgIpc) is 3.41. The lowest BCUT2D eigenvalue weighted by atomic mass is 10.2. The van der Waals surface area contributed by atoms with Crippen LogP contribution in [0.4, 0.5) is 0 Å². The molecule has 4 aromatic rings. The predicted octanol–water partition coefficient (Wildman–Crippen LogP) is 0.824. The zero-order valence-electron chi connectivity index (χ0n) is 14.3. The number of aromatic amines is 2. The summed E-state index contributed by atoms with van der Waals surface area (Å²) < 4.78 is 3.94. The minimum Gasteiger partial charge on any atom is -0.345 e. The van der Waals surface area contributed by atoms with E-state index in [2.05, 4.69) is 25.5 Å². The Balaban J connectivity index is 1.65. The molecule has 1 amide bonds. The summed E-state index contributed by atoms with van der Waals surface area (Å²) in [6, 6.07) is 1.78. The number of hydrogen-bond acceptors (Lipinski definition) is 6. The van der Waals surface area contributed by atoms with Crippen LogP contribution in [0.1, 0.15) is 26.8 Å². The SMILES string of the molecule is Cn1c(C(=O)NCc2cc[nH]n2)c(C=N)c2sc(Cn3cc[nH]c3=O)nc21. The largest absolute Gasteiger partial charge is 0.345 e. The van der Waals surface area contributed by atoms with Crippen molar-refractivity contribution in [2.75, 3.05) is 0 Å². The van der Waals surface area contributed by atoms with E-state index in [9.17, 15) is 9.59 Å². The highest BCUT2D eigenvalue weighted by atomic mass is 32.1.